The van der Waals surface area contributed by atoms with Gasteiger partial charge < -0.3 is 19.4 Å². The van der Waals surface area contributed by atoms with Crippen LogP contribution in [0.3, 0.4) is 0 Å². The molecular weight excluding hydrogens is 524 g/mol. The number of amides is 1. The average Bonchev–Trinajstić information content (AvgIpc) is 3.33. The Morgan fingerprint density at radius 2 is 1.60 bits per heavy atom. The minimum Gasteiger partial charge on any atom is -0.493 e. The third kappa shape index (κ3) is 6.15. The van der Waals surface area contributed by atoms with Crippen LogP contribution < -0.4 is 14.8 Å². The number of nitrogens with zero attached hydrogens (tertiary/aromatic N) is 3. The van der Waals surface area contributed by atoms with E-state index in [1.807, 2.05) is 73.7 Å². The van der Waals surface area contributed by atoms with Crippen molar-refractivity contribution in [2.75, 3.05) is 20.8 Å². The van der Waals surface area contributed by atoms with Gasteiger partial charge in [0.25, 0.3) is 5.91 Å². The molecule has 0 aliphatic heterocycles. The summed E-state index contributed by atoms with van der Waals surface area (Å²) in [6, 6.07) is 26.1. The number of nitrogens with one attached hydrogen (secondary N) is 1. The highest BCUT2D eigenvalue weighted by Gasteiger charge is 2.26. The zero-order valence-electron chi connectivity index (χ0n) is 24.8. The molecule has 7 heteroatoms. The predicted octanol–water partition coefficient (Wildman–Crippen LogP) is 6.79. The zero-order valence-corrected chi connectivity index (χ0v) is 24.8. The summed E-state index contributed by atoms with van der Waals surface area (Å²) in [5.74, 6) is 1.93. The second-order valence-corrected chi connectivity index (χ2v) is 10.4. The minimum atomic E-state index is -0.101. The first-order valence-corrected chi connectivity index (χ1v) is 14.5. The van der Waals surface area contributed by atoms with E-state index < -0.39 is 0 Å². The molecule has 216 valence electrons. The maximum absolute atomic E-state index is 14.1. The molecule has 0 bridgehead atoms. The third-order valence-corrected chi connectivity index (χ3v) is 7.54. The van der Waals surface area contributed by atoms with Crippen molar-refractivity contribution >= 4 is 16.9 Å². The molecule has 42 heavy (non-hydrogen) atoms. The number of unbranched alkanes of at least 4 members (excludes halogenated alkanes) is 1. The number of aromatic nitrogens is 3. The van der Waals surface area contributed by atoms with E-state index in [-0.39, 0.29) is 5.91 Å². The minimum absolute atomic E-state index is 0.101. The van der Waals surface area contributed by atoms with Crippen LogP contribution in [0.4, 0.5) is 0 Å². The topological polar surface area (TPSA) is 78.3 Å². The van der Waals surface area contributed by atoms with Crippen LogP contribution in [-0.4, -0.2) is 41.2 Å². The lowest BCUT2D eigenvalue weighted by Gasteiger charge is -2.13. The fourth-order valence-electron chi connectivity index (χ4n) is 5.42. The van der Waals surface area contributed by atoms with E-state index in [9.17, 15) is 4.79 Å². The van der Waals surface area contributed by atoms with Crippen molar-refractivity contribution in [1.29, 1.82) is 0 Å². The van der Waals surface area contributed by atoms with Crippen LogP contribution in [-0.2, 0) is 19.4 Å². The van der Waals surface area contributed by atoms with Gasteiger partial charge in [0.1, 0.15) is 11.3 Å². The molecule has 2 heterocycles. The van der Waals surface area contributed by atoms with Gasteiger partial charge in [0.2, 0.25) is 0 Å². The second-order valence-electron chi connectivity index (χ2n) is 10.4. The number of fused-ring (bicyclic) bond motifs is 1. The SMILES string of the molecule is CCCCn1c(C(=O)NCCc2ccc(OC)c(OC)c2)c(Cc2ccccc2)c2c(C)nc(-c3ccccc3)nc21. The molecule has 1 amide bonds. The first-order chi connectivity index (χ1) is 20.5. The van der Waals surface area contributed by atoms with Crippen molar-refractivity contribution in [3.05, 3.63) is 107 Å². The summed E-state index contributed by atoms with van der Waals surface area (Å²) in [6.07, 6.45) is 3.21. The highest BCUT2D eigenvalue weighted by molar-refractivity contribution is 6.02. The second kappa shape index (κ2) is 13.3. The Hall–Kier alpha value is -4.65. The molecule has 5 aromatic rings. The first-order valence-electron chi connectivity index (χ1n) is 14.5. The summed E-state index contributed by atoms with van der Waals surface area (Å²) in [6.45, 7) is 5.36. The van der Waals surface area contributed by atoms with Crippen LogP contribution in [0.5, 0.6) is 11.5 Å². The molecule has 0 saturated carbocycles. The van der Waals surface area contributed by atoms with E-state index in [2.05, 4.69) is 28.9 Å². The lowest BCUT2D eigenvalue weighted by atomic mass is 10.0. The molecule has 0 fully saturated rings. The molecular formula is C35H38N4O3. The smallest absolute Gasteiger partial charge is 0.268 e. The van der Waals surface area contributed by atoms with Crippen molar-refractivity contribution in [2.45, 2.75) is 46.1 Å². The van der Waals surface area contributed by atoms with Gasteiger partial charge in [-0.3, -0.25) is 4.79 Å². The lowest BCUT2D eigenvalue weighted by Crippen LogP contribution is -2.29. The van der Waals surface area contributed by atoms with Crippen molar-refractivity contribution in [3.63, 3.8) is 0 Å². The summed E-state index contributed by atoms with van der Waals surface area (Å²) in [7, 11) is 3.25. The Balaban J connectivity index is 1.56. The van der Waals surface area contributed by atoms with E-state index in [0.717, 1.165) is 51.8 Å². The summed E-state index contributed by atoms with van der Waals surface area (Å²) < 4.78 is 12.9. The molecule has 1 N–H and O–H groups in total. The summed E-state index contributed by atoms with van der Waals surface area (Å²) in [4.78, 5) is 24.1. The van der Waals surface area contributed by atoms with Gasteiger partial charge in [-0.2, -0.15) is 0 Å². The number of ether oxygens (including phenoxy) is 2. The van der Waals surface area contributed by atoms with Gasteiger partial charge in [-0.1, -0.05) is 80.1 Å². The number of hydrogen-bond acceptors (Lipinski definition) is 5. The molecule has 7 nitrogen and oxygen atoms in total. The predicted molar refractivity (Wildman–Crippen MR) is 167 cm³/mol. The van der Waals surface area contributed by atoms with Crippen LogP contribution in [0.25, 0.3) is 22.4 Å². The third-order valence-electron chi connectivity index (χ3n) is 7.54. The largest absolute Gasteiger partial charge is 0.493 e. The van der Waals surface area contributed by atoms with Gasteiger partial charge in [-0.05, 0) is 48.6 Å². The summed E-state index contributed by atoms with van der Waals surface area (Å²) in [5, 5.41) is 4.16. The van der Waals surface area contributed by atoms with Crippen LogP contribution in [0.15, 0.2) is 78.9 Å². The van der Waals surface area contributed by atoms with E-state index >= 15 is 0 Å². The Morgan fingerprint density at radius 1 is 0.881 bits per heavy atom. The van der Waals surface area contributed by atoms with Crippen LogP contribution in [0.1, 0.15) is 52.6 Å². The zero-order chi connectivity index (χ0) is 29.5. The number of rotatable bonds is 12. The maximum atomic E-state index is 14.1. The van der Waals surface area contributed by atoms with Gasteiger partial charge in [0, 0.05) is 30.5 Å². The van der Waals surface area contributed by atoms with Gasteiger partial charge >= 0.3 is 0 Å². The molecule has 0 aliphatic rings. The lowest BCUT2D eigenvalue weighted by molar-refractivity contribution is 0.0944. The quantitative estimate of drug-likeness (QED) is 0.181. The van der Waals surface area contributed by atoms with E-state index in [1.54, 1.807) is 14.2 Å². The van der Waals surface area contributed by atoms with Crippen LogP contribution in [0, 0.1) is 6.92 Å². The van der Waals surface area contributed by atoms with E-state index in [1.165, 1.54) is 0 Å². The van der Waals surface area contributed by atoms with E-state index in [0.29, 0.717) is 48.9 Å². The van der Waals surface area contributed by atoms with Gasteiger partial charge in [0.15, 0.2) is 17.3 Å². The number of carbonyl (C=O) groups excluding carboxylic acids is 1. The molecule has 2 aromatic heterocycles. The molecule has 0 saturated heterocycles. The number of hydrogen-bond donors (Lipinski definition) is 1. The molecule has 5 rings (SSSR count). The van der Waals surface area contributed by atoms with Crippen molar-refractivity contribution in [2.24, 2.45) is 0 Å². The maximum Gasteiger partial charge on any atom is 0.268 e. The molecule has 0 radical (unpaired) electrons. The Bertz CT molecular complexity index is 1660. The summed E-state index contributed by atoms with van der Waals surface area (Å²) in [5.41, 5.74) is 6.46. The number of aryl methyl sites for hydroxylation is 2. The highest BCUT2D eigenvalue weighted by Crippen LogP contribution is 2.32. The van der Waals surface area contributed by atoms with Crippen LogP contribution >= 0.6 is 0 Å². The molecule has 0 unspecified atom stereocenters. The van der Waals surface area contributed by atoms with Gasteiger partial charge in [0.05, 0.1) is 19.9 Å². The van der Waals surface area contributed by atoms with Crippen molar-refractivity contribution < 1.29 is 14.3 Å². The molecule has 0 atom stereocenters. The highest BCUT2D eigenvalue weighted by atomic mass is 16.5. The number of carbonyl (C=O) groups is 1. The van der Waals surface area contributed by atoms with Crippen molar-refractivity contribution in [3.8, 4) is 22.9 Å². The first kappa shape index (κ1) is 28.9. The number of methoxy groups -OCH3 is 2. The molecule has 3 aromatic carbocycles. The van der Waals surface area contributed by atoms with Crippen molar-refractivity contribution in [1.82, 2.24) is 19.9 Å². The Labute approximate surface area is 247 Å². The molecule has 0 aliphatic carbocycles. The monoisotopic (exact) mass is 562 g/mol. The Morgan fingerprint density at radius 3 is 2.29 bits per heavy atom. The van der Waals surface area contributed by atoms with Gasteiger partial charge in [-0.15, -0.1) is 0 Å². The summed E-state index contributed by atoms with van der Waals surface area (Å²) >= 11 is 0. The Kier molecular flexibility index (Phi) is 9.17. The fraction of sp³-hybridized carbons (Fsp3) is 0.286. The van der Waals surface area contributed by atoms with Gasteiger partial charge in [-0.25, -0.2) is 9.97 Å². The standard InChI is InChI=1S/C35H38N4O3/c1-5-6-21-39-32(35(40)36-20-19-26-17-18-29(41-3)30(23-26)42-4)28(22-25-13-9-7-10-14-25)31-24(2)37-33(38-34(31)39)27-15-11-8-12-16-27/h7-18,23H,5-6,19-22H2,1-4H3,(H,36,40). The van der Waals surface area contributed by atoms with Crippen LogP contribution in [0.2, 0.25) is 0 Å². The fourth-order valence-corrected chi connectivity index (χ4v) is 5.42. The molecule has 0 spiro atoms. The van der Waals surface area contributed by atoms with E-state index in [4.69, 9.17) is 19.4 Å². The number of benzene rings is 3. The average molecular weight is 563 g/mol. The normalized spacial score (nSPS) is 11.0.